The van der Waals surface area contributed by atoms with E-state index in [1.54, 1.807) is 0 Å². The van der Waals surface area contributed by atoms with Gasteiger partial charge < -0.3 is 9.47 Å². The zero-order valence-corrected chi connectivity index (χ0v) is 12.9. The Labute approximate surface area is 125 Å². The third-order valence-electron chi connectivity index (χ3n) is 4.72. The Kier molecular flexibility index (Phi) is 6.35. The van der Waals surface area contributed by atoms with Crippen molar-refractivity contribution in [1.82, 2.24) is 0 Å². The lowest BCUT2D eigenvalue weighted by Gasteiger charge is -2.46. The molecule has 2 saturated carbocycles. The molecular formula is C16H27F3O2. The molecule has 0 aromatic heterocycles. The van der Waals surface area contributed by atoms with Crippen molar-refractivity contribution < 1.29 is 22.6 Å². The molecule has 5 heteroatoms. The van der Waals surface area contributed by atoms with Crippen LogP contribution in [0.15, 0.2) is 0 Å². The SMILES string of the molecule is CCCOC1CC2CCC(OCCC)C(F)C2C(F)C1F. The molecule has 0 bridgehead atoms. The van der Waals surface area contributed by atoms with Crippen molar-refractivity contribution in [3.05, 3.63) is 0 Å². The van der Waals surface area contributed by atoms with Crippen LogP contribution >= 0.6 is 0 Å². The lowest BCUT2D eigenvalue weighted by atomic mass is 9.66. The summed E-state index contributed by atoms with van der Waals surface area (Å²) in [5.74, 6) is -1.01. The van der Waals surface area contributed by atoms with E-state index in [4.69, 9.17) is 9.47 Å². The van der Waals surface area contributed by atoms with E-state index in [1.807, 2.05) is 13.8 Å². The van der Waals surface area contributed by atoms with Gasteiger partial charge in [0.1, 0.15) is 12.3 Å². The molecular weight excluding hydrogens is 281 g/mol. The van der Waals surface area contributed by atoms with E-state index >= 15 is 0 Å². The van der Waals surface area contributed by atoms with Crippen LogP contribution in [0.3, 0.4) is 0 Å². The largest absolute Gasteiger partial charge is 0.375 e. The number of fused-ring (bicyclic) bond motifs is 1. The van der Waals surface area contributed by atoms with Gasteiger partial charge in [0.2, 0.25) is 0 Å². The molecule has 0 saturated heterocycles. The van der Waals surface area contributed by atoms with Crippen LogP contribution in [0.1, 0.15) is 46.0 Å². The molecule has 2 nitrogen and oxygen atoms in total. The third kappa shape index (κ3) is 3.73. The van der Waals surface area contributed by atoms with Crippen molar-refractivity contribution in [2.24, 2.45) is 11.8 Å². The summed E-state index contributed by atoms with van der Waals surface area (Å²) in [7, 11) is 0. The van der Waals surface area contributed by atoms with Crippen LogP contribution in [0, 0.1) is 11.8 Å². The molecule has 0 aliphatic heterocycles. The first kappa shape index (κ1) is 17.1. The fraction of sp³-hybridized carbons (Fsp3) is 1.00. The summed E-state index contributed by atoms with van der Waals surface area (Å²) < 4.78 is 54.0. The predicted molar refractivity (Wildman–Crippen MR) is 75.6 cm³/mol. The topological polar surface area (TPSA) is 18.5 Å². The highest BCUT2D eigenvalue weighted by Crippen LogP contribution is 2.46. The third-order valence-corrected chi connectivity index (χ3v) is 4.72. The minimum Gasteiger partial charge on any atom is -0.375 e. The van der Waals surface area contributed by atoms with Crippen molar-refractivity contribution in [3.63, 3.8) is 0 Å². The summed E-state index contributed by atoms with van der Waals surface area (Å²) in [5.41, 5.74) is 0. The van der Waals surface area contributed by atoms with Crippen LogP contribution in [0.25, 0.3) is 0 Å². The number of alkyl halides is 3. The van der Waals surface area contributed by atoms with Crippen LogP contribution in [-0.2, 0) is 9.47 Å². The molecule has 0 radical (unpaired) electrons. The van der Waals surface area contributed by atoms with Crippen molar-refractivity contribution in [2.75, 3.05) is 13.2 Å². The van der Waals surface area contributed by atoms with Gasteiger partial charge in [-0.25, -0.2) is 13.2 Å². The Bertz CT molecular complexity index is 314. The minimum atomic E-state index is -1.78. The Morgan fingerprint density at radius 2 is 1.43 bits per heavy atom. The summed E-state index contributed by atoms with van der Waals surface area (Å²) >= 11 is 0. The molecule has 0 amide bonds. The molecule has 0 aromatic carbocycles. The zero-order valence-electron chi connectivity index (χ0n) is 12.9. The van der Waals surface area contributed by atoms with E-state index in [0.717, 1.165) is 12.8 Å². The number of hydrogen-bond donors (Lipinski definition) is 0. The molecule has 2 fully saturated rings. The first-order valence-corrected chi connectivity index (χ1v) is 8.25. The molecule has 2 aliphatic rings. The molecule has 2 aliphatic carbocycles. The Morgan fingerprint density at radius 3 is 2.05 bits per heavy atom. The minimum absolute atomic E-state index is 0.134. The van der Waals surface area contributed by atoms with Crippen LogP contribution in [-0.4, -0.2) is 43.9 Å². The first-order valence-electron chi connectivity index (χ1n) is 8.25. The Hall–Kier alpha value is -0.290. The van der Waals surface area contributed by atoms with Crippen LogP contribution in [0.2, 0.25) is 0 Å². The summed E-state index contributed by atoms with van der Waals surface area (Å²) in [6.45, 7) is 4.78. The maximum Gasteiger partial charge on any atom is 0.157 e. The molecule has 0 N–H and O–H groups in total. The van der Waals surface area contributed by atoms with Gasteiger partial charge in [-0.05, 0) is 38.0 Å². The molecule has 0 spiro atoms. The van der Waals surface area contributed by atoms with Crippen LogP contribution in [0.5, 0.6) is 0 Å². The average molecular weight is 308 g/mol. The molecule has 0 aromatic rings. The molecule has 0 heterocycles. The van der Waals surface area contributed by atoms with E-state index in [0.29, 0.717) is 32.5 Å². The maximum absolute atomic E-state index is 14.5. The second kappa shape index (κ2) is 7.82. The van der Waals surface area contributed by atoms with Crippen LogP contribution in [0.4, 0.5) is 13.2 Å². The smallest absolute Gasteiger partial charge is 0.157 e. The highest BCUT2D eigenvalue weighted by molar-refractivity contribution is 5.01. The summed E-state index contributed by atoms with van der Waals surface area (Å²) in [4.78, 5) is 0. The average Bonchev–Trinajstić information content (AvgIpc) is 2.48. The van der Waals surface area contributed by atoms with Crippen molar-refractivity contribution in [3.8, 4) is 0 Å². The van der Waals surface area contributed by atoms with Crippen LogP contribution < -0.4 is 0 Å². The lowest BCUT2D eigenvalue weighted by Crippen LogP contribution is -2.55. The van der Waals surface area contributed by atoms with Crippen molar-refractivity contribution in [2.45, 2.75) is 76.7 Å². The van der Waals surface area contributed by atoms with Gasteiger partial charge >= 0.3 is 0 Å². The van der Waals surface area contributed by atoms with Gasteiger partial charge in [-0.2, -0.15) is 0 Å². The van der Waals surface area contributed by atoms with Gasteiger partial charge in [-0.15, -0.1) is 0 Å². The van der Waals surface area contributed by atoms with Gasteiger partial charge in [0.15, 0.2) is 6.17 Å². The van der Waals surface area contributed by atoms with E-state index in [-0.39, 0.29) is 5.92 Å². The van der Waals surface area contributed by atoms with Gasteiger partial charge in [0, 0.05) is 19.1 Å². The molecule has 124 valence electrons. The highest BCUT2D eigenvalue weighted by atomic mass is 19.2. The number of halogens is 3. The van der Waals surface area contributed by atoms with Gasteiger partial charge in [-0.1, -0.05) is 13.8 Å². The summed E-state index contributed by atoms with van der Waals surface area (Å²) in [6, 6.07) is 0. The number of ether oxygens (including phenoxy) is 2. The fourth-order valence-electron chi connectivity index (χ4n) is 3.67. The molecule has 7 unspecified atom stereocenters. The number of hydrogen-bond acceptors (Lipinski definition) is 2. The highest BCUT2D eigenvalue weighted by Gasteiger charge is 2.53. The van der Waals surface area contributed by atoms with Crippen molar-refractivity contribution in [1.29, 1.82) is 0 Å². The summed E-state index contributed by atoms with van der Waals surface area (Å²) in [6.07, 6.45) is -2.93. The molecule has 7 atom stereocenters. The fourth-order valence-corrected chi connectivity index (χ4v) is 3.67. The van der Waals surface area contributed by atoms with Gasteiger partial charge in [-0.3, -0.25) is 0 Å². The Balaban J connectivity index is 2.00. The number of rotatable bonds is 6. The molecule has 21 heavy (non-hydrogen) atoms. The Morgan fingerprint density at radius 1 is 0.810 bits per heavy atom. The van der Waals surface area contributed by atoms with E-state index < -0.39 is 36.6 Å². The van der Waals surface area contributed by atoms with E-state index in [2.05, 4.69) is 0 Å². The quantitative estimate of drug-likeness (QED) is 0.738. The van der Waals surface area contributed by atoms with Gasteiger partial charge in [0.05, 0.1) is 12.2 Å². The summed E-state index contributed by atoms with van der Waals surface area (Å²) in [5, 5.41) is 0. The standard InChI is InChI=1S/C16H27F3O2/c1-3-7-20-11-6-5-10-9-12(21-8-4-2)15(18)16(19)13(10)14(11)17/h10-16H,3-9H2,1-2H3. The monoisotopic (exact) mass is 308 g/mol. The van der Waals surface area contributed by atoms with E-state index in [1.165, 1.54) is 0 Å². The lowest BCUT2D eigenvalue weighted by molar-refractivity contribution is -0.150. The second-order valence-electron chi connectivity index (χ2n) is 6.30. The predicted octanol–water partition coefficient (Wildman–Crippen LogP) is 4.02. The van der Waals surface area contributed by atoms with Crippen molar-refractivity contribution >= 4 is 0 Å². The first-order chi connectivity index (χ1) is 10.1. The second-order valence-corrected chi connectivity index (χ2v) is 6.30. The zero-order chi connectivity index (χ0) is 15.4. The van der Waals surface area contributed by atoms with E-state index in [9.17, 15) is 13.2 Å². The molecule has 2 rings (SSSR count). The normalized spacial score (nSPS) is 43.6. The maximum atomic E-state index is 14.5. The van der Waals surface area contributed by atoms with Gasteiger partial charge in [0.25, 0.3) is 0 Å².